The first-order valence-corrected chi connectivity index (χ1v) is 9.25. The van der Waals surface area contributed by atoms with Crippen molar-refractivity contribution >= 4 is 11.6 Å². The largest absolute Gasteiger partial charge is 0.488 e. The normalized spacial score (nSPS) is 19.6. The van der Waals surface area contributed by atoms with Gasteiger partial charge in [-0.25, -0.2) is 0 Å². The zero-order chi connectivity index (χ0) is 21.0. The van der Waals surface area contributed by atoms with Gasteiger partial charge in [-0.3, -0.25) is 9.59 Å². The molecule has 0 saturated heterocycles. The average Bonchev–Trinajstić information content (AvgIpc) is 2.66. The minimum Gasteiger partial charge on any atom is -0.488 e. The van der Waals surface area contributed by atoms with Gasteiger partial charge in [0.1, 0.15) is 24.0 Å². The molecule has 1 aromatic heterocycles. The SMILES string of the molecule is O=C(Cn1cccc(C(F)(F)F)c1=O)Nc1ccc(OC2CCCCC2O)cc1. The lowest BCUT2D eigenvalue weighted by atomic mass is 9.95. The highest BCUT2D eigenvalue weighted by atomic mass is 19.4. The maximum absolute atomic E-state index is 12.8. The van der Waals surface area contributed by atoms with Gasteiger partial charge >= 0.3 is 6.18 Å². The number of anilines is 1. The van der Waals surface area contributed by atoms with Crippen molar-refractivity contribution in [1.82, 2.24) is 4.57 Å². The number of carbonyl (C=O) groups is 1. The molecule has 2 N–H and O–H groups in total. The van der Waals surface area contributed by atoms with Crippen LogP contribution in [0.5, 0.6) is 5.75 Å². The summed E-state index contributed by atoms with van der Waals surface area (Å²) in [5, 5.41) is 12.5. The van der Waals surface area contributed by atoms with E-state index in [0.717, 1.165) is 31.5 Å². The summed E-state index contributed by atoms with van der Waals surface area (Å²) in [5.74, 6) is -0.0918. The van der Waals surface area contributed by atoms with Crippen molar-refractivity contribution in [2.24, 2.45) is 0 Å². The summed E-state index contributed by atoms with van der Waals surface area (Å²) in [7, 11) is 0. The van der Waals surface area contributed by atoms with Crippen LogP contribution >= 0.6 is 0 Å². The number of alkyl halides is 3. The lowest BCUT2D eigenvalue weighted by Crippen LogP contribution is -2.34. The molecular weight excluding hydrogens is 389 g/mol. The Kier molecular flexibility index (Phi) is 6.26. The smallest absolute Gasteiger partial charge is 0.421 e. The summed E-state index contributed by atoms with van der Waals surface area (Å²) < 4.78 is 44.9. The minimum absolute atomic E-state index is 0.267. The Morgan fingerprint density at radius 1 is 1.17 bits per heavy atom. The zero-order valence-corrected chi connectivity index (χ0v) is 15.5. The molecule has 2 aromatic rings. The highest BCUT2D eigenvalue weighted by Crippen LogP contribution is 2.26. The average molecular weight is 410 g/mol. The predicted octanol–water partition coefficient (Wildman–Crippen LogP) is 3.19. The third-order valence-electron chi connectivity index (χ3n) is 4.73. The summed E-state index contributed by atoms with van der Waals surface area (Å²) in [5.41, 5.74) is -2.18. The third kappa shape index (κ3) is 5.38. The van der Waals surface area contributed by atoms with Crippen molar-refractivity contribution in [1.29, 1.82) is 0 Å². The van der Waals surface area contributed by atoms with Crippen molar-refractivity contribution in [3.63, 3.8) is 0 Å². The first-order valence-electron chi connectivity index (χ1n) is 9.25. The number of carbonyl (C=O) groups excluding carboxylic acids is 1. The molecule has 1 amide bonds. The molecule has 156 valence electrons. The minimum atomic E-state index is -4.78. The van der Waals surface area contributed by atoms with Gasteiger partial charge in [-0.2, -0.15) is 13.2 Å². The number of rotatable bonds is 5. The van der Waals surface area contributed by atoms with E-state index in [4.69, 9.17) is 4.74 Å². The number of hydrogen-bond donors (Lipinski definition) is 2. The predicted molar refractivity (Wildman–Crippen MR) is 99.7 cm³/mol. The number of benzene rings is 1. The molecule has 9 heteroatoms. The number of aromatic nitrogens is 1. The van der Waals surface area contributed by atoms with Gasteiger partial charge in [0.15, 0.2) is 0 Å². The number of pyridine rings is 1. The molecule has 29 heavy (non-hydrogen) atoms. The van der Waals surface area contributed by atoms with Crippen molar-refractivity contribution in [3.05, 3.63) is 58.5 Å². The molecule has 2 atom stereocenters. The maximum atomic E-state index is 12.8. The molecular formula is C20H21F3N2O4. The van der Waals surface area contributed by atoms with Gasteiger partial charge < -0.3 is 19.7 Å². The quantitative estimate of drug-likeness (QED) is 0.794. The van der Waals surface area contributed by atoms with E-state index in [1.54, 1.807) is 24.3 Å². The lowest BCUT2D eigenvalue weighted by molar-refractivity contribution is -0.139. The van der Waals surface area contributed by atoms with Crippen LogP contribution in [-0.4, -0.2) is 27.8 Å². The number of nitrogens with one attached hydrogen (secondary N) is 1. The molecule has 3 rings (SSSR count). The monoisotopic (exact) mass is 410 g/mol. The molecule has 0 aliphatic heterocycles. The Balaban J connectivity index is 1.61. The van der Waals surface area contributed by atoms with E-state index >= 15 is 0 Å². The molecule has 1 saturated carbocycles. The second kappa shape index (κ2) is 8.69. The number of aliphatic hydroxyl groups excluding tert-OH is 1. The molecule has 6 nitrogen and oxygen atoms in total. The van der Waals surface area contributed by atoms with Gasteiger partial charge in [-0.1, -0.05) is 6.42 Å². The van der Waals surface area contributed by atoms with Gasteiger partial charge in [-0.15, -0.1) is 0 Å². The second-order valence-corrected chi connectivity index (χ2v) is 6.93. The highest BCUT2D eigenvalue weighted by Gasteiger charge is 2.34. The van der Waals surface area contributed by atoms with Gasteiger partial charge in [0.05, 0.1) is 6.10 Å². The van der Waals surface area contributed by atoms with Crippen LogP contribution in [0.1, 0.15) is 31.2 Å². The first-order chi connectivity index (χ1) is 13.7. The fraction of sp³-hybridized carbons (Fsp3) is 0.400. The van der Waals surface area contributed by atoms with Gasteiger partial charge in [0.2, 0.25) is 5.91 Å². The molecule has 1 fully saturated rings. The summed E-state index contributed by atoms with van der Waals surface area (Å²) in [6.45, 7) is -0.546. The lowest BCUT2D eigenvalue weighted by Gasteiger charge is -2.28. The molecule has 0 bridgehead atoms. The Bertz CT molecular complexity index is 909. The van der Waals surface area contributed by atoms with Crippen molar-refractivity contribution in [2.75, 3.05) is 5.32 Å². The van der Waals surface area contributed by atoms with Crippen LogP contribution in [0.3, 0.4) is 0 Å². The fourth-order valence-electron chi connectivity index (χ4n) is 3.24. The summed E-state index contributed by atoms with van der Waals surface area (Å²) in [4.78, 5) is 24.0. The van der Waals surface area contributed by atoms with Gasteiger partial charge in [0, 0.05) is 11.9 Å². The Morgan fingerprint density at radius 2 is 1.86 bits per heavy atom. The van der Waals surface area contributed by atoms with E-state index in [1.165, 1.54) is 0 Å². The van der Waals surface area contributed by atoms with Crippen LogP contribution in [0.25, 0.3) is 0 Å². The van der Waals surface area contributed by atoms with Crippen molar-refractivity contribution < 1.29 is 27.8 Å². The van der Waals surface area contributed by atoms with Crippen molar-refractivity contribution in [3.8, 4) is 5.75 Å². The second-order valence-electron chi connectivity index (χ2n) is 6.93. The third-order valence-corrected chi connectivity index (χ3v) is 4.73. The number of hydrogen-bond acceptors (Lipinski definition) is 4. The van der Waals surface area contributed by atoms with E-state index in [-0.39, 0.29) is 6.10 Å². The van der Waals surface area contributed by atoms with E-state index < -0.39 is 35.9 Å². The number of halogens is 3. The van der Waals surface area contributed by atoms with Crippen LogP contribution in [-0.2, 0) is 17.5 Å². The number of ether oxygens (including phenoxy) is 1. The standard InChI is InChI=1S/C20H21F3N2O4/c21-20(22,23)15-4-3-11-25(19(15)28)12-18(27)24-13-7-9-14(10-8-13)29-17-6-2-1-5-16(17)26/h3-4,7-11,16-17,26H,1-2,5-6,12H2,(H,24,27). The van der Waals surface area contributed by atoms with Gasteiger partial charge in [-0.05, 0) is 55.7 Å². The molecule has 1 heterocycles. The maximum Gasteiger partial charge on any atom is 0.421 e. The van der Waals surface area contributed by atoms with Crippen LogP contribution in [0.2, 0.25) is 0 Å². The summed E-state index contributed by atoms with van der Waals surface area (Å²) in [6.07, 6.45) is -0.988. The van der Waals surface area contributed by atoms with Crippen LogP contribution in [0.15, 0.2) is 47.4 Å². The van der Waals surface area contributed by atoms with Crippen LogP contribution in [0.4, 0.5) is 18.9 Å². The van der Waals surface area contributed by atoms with Crippen LogP contribution in [0, 0.1) is 0 Å². The number of aliphatic hydroxyl groups is 1. The topological polar surface area (TPSA) is 80.6 Å². The summed E-state index contributed by atoms with van der Waals surface area (Å²) >= 11 is 0. The molecule has 0 spiro atoms. The van der Waals surface area contributed by atoms with Crippen molar-refractivity contribution in [2.45, 2.75) is 50.6 Å². The molecule has 1 aliphatic carbocycles. The van der Waals surface area contributed by atoms with Gasteiger partial charge in [0.25, 0.3) is 5.56 Å². The number of nitrogens with zero attached hydrogens (tertiary/aromatic N) is 1. The molecule has 2 unspecified atom stereocenters. The Hall–Kier alpha value is -2.81. The van der Waals surface area contributed by atoms with E-state index in [0.29, 0.717) is 28.5 Å². The highest BCUT2D eigenvalue weighted by molar-refractivity contribution is 5.90. The first kappa shape index (κ1) is 20.9. The number of amides is 1. The summed E-state index contributed by atoms with van der Waals surface area (Å²) in [6, 6.07) is 8.18. The molecule has 0 radical (unpaired) electrons. The molecule has 1 aromatic carbocycles. The Morgan fingerprint density at radius 3 is 2.52 bits per heavy atom. The Labute approximate surface area is 164 Å². The molecule has 1 aliphatic rings. The fourth-order valence-corrected chi connectivity index (χ4v) is 3.24. The van der Waals surface area contributed by atoms with E-state index in [9.17, 15) is 27.9 Å². The zero-order valence-electron chi connectivity index (χ0n) is 15.5. The van der Waals surface area contributed by atoms with E-state index in [2.05, 4.69) is 5.32 Å². The van der Waals surface area contributed by atoms with E-state index in [1.807, 2.05) is 0 Å². The van der Waals surface area contributed by atoms with Crippen LogP contribution < -0.4 is 15.6 Å².